The summed E-state index contributed by atoms with van der Waals surface area (Å²) < 4.78 is 41.8. The Morgan fingerprint density at radius 1 is 1.21 bits per heavy atom. The van der Waals surface area contributed by atoms with Gasteiger partial charge in [-0.2, -0.15) is 13.2 Å². The highest BCUT2D eigenvalue weighted by Gasteiger charge is 2.30. The average Bonchev–Trinajstić information content (AvgIpc) is 3.30. The van der Waals surface area contributed by atoms with Crippen molar-refractivity contribution in [1.29, 1.82) is 0 Å². The van der Waals surface area contributed by atoms with E-state index in [1.54, 1.807) is 12.4 Å². The van der Waals surface area contributed by atoms with Crippen LogP contribution in [-0.2, 0) is 18.1 Å². The van der Waals surface area contributed by atoms with Gasteiger partial charge in [-0.25, -0.2) is 4.98 Å². The van der Waals surface area contributed by atoms with E-state index in [4.69, 9.17) is 4.84 Å². The van der Waals surface area contributed by atoms with Crippen LogP contribution in [0.15, 0.2) is 60.1 Å². The molecule has 0 saturated heterocycles. The van der Waals surface area contributed by atoms with Crippen molar-refractivity contribution in [2.45, 2.75) is 18.7 Å². The predicted octanol–water partition coefficient (Wildman–Crippen LogP) is 6.02. The number of hydrogen-bond donors (Lipinski definition) is 1. The van der Waals surface area contributed by atoms with Gasteiger partial charge in [-0.05, 0) is 45.8 Å². The third-order valence-electron chi connectivity index (χ3n) is 4.50. The zero-order chi connectivity index (χ0) is 20.6. The molecule has 9 heteroatoms. The average molecular weight is 465 g/mol. The van der Waals surface area contributed by atoms with Gasteiger partial charge in [0.1, 0.15) is 4.62 Å². The number of nitrogens with one attached hydrogen (secondary N) is 1. The summed E-state index contributed by atoms with van der Waals surface area (Å²) in [6.45, 7) is 0. The number of aryl methyl sites for hydroxylation is 1. The van der Waals surface area contributed by atoms with E-state index in [0.29, 0.717) is 28.1 Å². The Hall–Kier alpha value is -2.81. The number of aromatic nitrogens is 2. The van der Waals surface area contributed by atoms with Crippen LogP contribution in [0.25, 0.3) is 11.3 Å². The van der Waals surface area contributed by atoms with Gasteiger partial charge in [0.15, 0.2) is 6.10 Å². The van der Waals surface area contributed by atoms with Crippen LogP contribution >= 0.6 is 15.9 Å². The van der Waals surface area contributed by atoms with Gasteiger partial charge in [0.2, 0.25) is 0 Å². The predicted molar refractivity (Wildman–Crippen MR) is 108 cm³/mol. The molecular weight excluding hydrogens is 449 g/mol. The summed E-state index contributed by atoms with van der Waals surface area (Å²) in [5.74, 6) is 0. The van der Waals surface area contributed by atoms with Crippen molar-refractivity contribution in [2.75, 3.05) is 5.32 Å². The molecule has 1 N–H and O–H groups in total. The molecule has 1 aromatic heterocycles. The topological polar surface area (TPSA) is 51.4 Å². The molecule has 0 fully saturated rings. The fourth-order valence-corrected chi connectivity index (χ4v) is 3.47. The summed E-state index contributed by atoms with van der Waals surface area (Å²) in [5.41, 5.74) is 2.58. The lowest BCUT2D eigenvalue weighted by Crippen LogP contribution is -2.05. The molecule has 150 valence electrons. The Morgan fingerprint density at radius 3 is 2.69 bits per heavy atom. The molecule has 3 aromatic rings. The molecule has 0 spiro atoms. The molecule has 2 heterocycles. The minimum Gasteiger partial charge on any atom is -0.386 e. The van der Waals surface area contributed by atoms with E-state index in [-0.39, 0.29) is 6.10 Å². The molecule has 5 nitrogen and oxygen atoms in total. The normalized spacial score (nSPS) is 16.4. The molecule has 1 aliphatic rings. The first-order valence-corrected chi connectivity index (χ1v) is 9.53. The highest BCUT2D eigenvalue weighted by molar-refractivity contribution is 9.18. The molecule has 0 saturated carbocycles. The number of anilines is 2. The number of alkyl halides is 3. The van der Waals surface area contributed by atoms with Gasteiger partial charge in [-0.1, -0.05) is 23.4 Å². The summed E-state index contributed by atoms with van der Waals surface area (Å²) in [7, 11) is 1.85. The molecule has 0 unspecified atom stereocenters. The van der Waals surface area contributed by atoms with Crippen LogP contribution in [0.5, 0.6) is 0 Å². The molecule has 1 atom stereocenters. The molecule has 29 heavy (non-hydrogen) atoms. The SMILES string of the molecule is Cn1cnc(-c2ccc([C@@H]3CC(Br)=NO3)cc2Nc2cccc(C(F)(F)F)c2)c1. The maximum absolute atomic E-state index is 13.1. The molecule has 0 aliphatic carbocycles. The largest absolute Gasteiger partial charge is 0.416 e. The number of rotatable bonds is 4. The highest BCUT2D eigenvalue weighted by atomic mass is 79.9. The quantitative estimate of drug-likeness (QED) is 0.513. The number of benzene rings is 2. The molecule has 0 amide bonds. The number of imidazole rings is 1. The van der Waals surface area contributed by atoms with Gasteiger partial charge in [-0.3, -0.25) is 0 Å². The summed E-state index contributed by atoms with van der Waals surface area (Å²) in [4.78, 5) is 9.78. The van der Waals surface area contributed by atoms with Crippen LogP contribution in [0.3, 0.4) is 0 Å². The van der Waals surface area contributed by atoms with Crippen LogP contribution in [-0.4, -0.2) is 14.2 Å². The minimum absolute atomic E-state index is 0.260. The number of nitrogens with zero attached hydrogens (tertiary/aromatic N) is 3. The first-order valence-electron chi connectivity index (χ1n) is 8.74. The summed E-state index contributed by atoms with van der Waals surface area (Å²) >= 11 is 3.32. The lowest BCUT2D eigenvalue weighted by atomic mass is 10.0. The smallest absolute Gasteiger partial charge is 0.386 e. The van der Waals surface area contributed by atoms with Crippen molar-refractivity contribution in [3.05, 3.63) is 66.1 Å². The Kier molecular flexibility index (Phi) is 5.08. The van der Waals surface area contributed by atoms with Crippen molar-refractivity contribution in [3.63, 3.8) is 0 Å². The van der Waals surface area contributed by atoms with E-state index in [9.17, 15) is 13.2 Å². The van der Waals surface area contributed by atoms with Gasteiger partial charge < -0.3 is 14.7 Å². The van der Waals surface area contributed by atoms with E-state index >= 15 is 0 Å². The third-order valence-corrected chi connectivity index (χ3v) is 4.97. The fraction of sp³-hybridized carbons (Fsp3) is 0.200. The lowest BCUT2D eigenvalue weighted by molar-refractivity contribution is -0.137. The Morgan fingerprint density at radius 2 is 2.03 bits per heavy atom. The first-order chi connectivity index (χ1) is 13.8. The van der Waals surface area contributed by atoms with E-state index in [1.165, 1.54) is 6.07 Å². The number of oxime groups is 1. The van der Waals surface area contributed by atoms with Gasteiger partial charge in [0.05, 0.1) is 17.6 Å². The van der Waals surface area contributed by atoms with Gasteiger partial charge in [-0.15, -0.1) is 0 Å². The van der Waals surface area contributed by atoms with E-state index in [1.807, 2.05) is 36.0 Å². The van der Waals surface area contributed by atoms with Gasteiger partial charge in [0, 0.05) is 36.6 Å². The van der Waals surface area contributed by atoms with E-state index in [2.05, 4.69) is 31.4 Å². The first kappa shape index (κ1) is 19.5. The molecule has 0 bridgehead atoms. The number of halogens is 4. The fourth-order valence-electron chi connectivity index (χ4n) is 3.10. The summed E-state index contributed by atoms with van der Waals surface area (Å²) in [6, 6.07) is 10.7. The maximum Gasteiger partial charge on any atom is 0.416 e. The molecule has 2 aromatic carbocycles. The monoisotopic (exact) mass is 464 g/mol. The van der Waals surface area contributed by atoms with Gasteiger partial charge >= 0.3 is 6.18 Å². The van der Waals surface area contributed by atoms with Crippen molar-refractivity contribution >= 4 is 31.9 Å². The summed E-state index contributed by atoms with van der Waals surface area (Å²) in [5, 5.41) is 7.02. The van der Waals surface area contributed by atoms with E-state index < -0.39 is 11.7 Å². The van der Waals surface area contributed by atoms with Crippen LogP contribution < -0.4 is 5.32 Å². The van der Waals surface area contributed by atoms with Gasteiger partial charge in [0.25, 0.3) is 0 Å². The highest BCUT2D eigenvalue weighted by Crippen LogP contribution is 2.37. The lowest BCUT2D eigenvalue weighted by Gasteiger charge is -2.16. The molecular formula is C20H16BrF3N4O. The van der Waals surface area contributed by atoms with Crippen molar-refractivity contribution < 1.29 is 18.0 Å². The zero-order valence-electron chi connectivity index (χ0n) is 15.2. The van der Waals surface area contributed by atoms with Crippen molar-refractivity contribution in [3.8, 4) is 11.3 Å². The second kappa shape index (κ2) is 7.55. The van der Waals surface area contributed by atoms with Crippen molar-refractivity contribution in [1.82, 2.24) is 9.55 Å². The molecule has 1 aliphatic heterocycles. The Labute approximate surface area is 173 Å². The Balaban J connectivity index is 1.73. The van der Waals surface area contributed by atoms with Crippen LogP contribution in [0.2, 0.25) is 0 Å². The second-order valence-electron chi connectivity index (χ2n) is 6.70. The molecule has 0 radical (unpaired) electrons. The van der Waals surface area contributed by atoms with E-state index in [0.717, 1.165) is 23.3 Å². The maximum atomic E-state index is 13.1. The number of hydrogen-bond acceptors (Lipinski definition) is 4. The van der Waals surface area contributed by atoms with Crippen LogP contribution in [0.4, 0.5) is 24.5 Å². The minimum atomic E-state index is -4.41. The standard InChI is InChI=1S/C20H16BrF3N4O/c1-28-10-17(25-11-28)15-6-5-12(18-9-19(21)27-29-18)7-16(15)26-14-4-2-3-13(8-14)20(22,23)24/h2-8,10-11,18,26H,9H2,1H3/t18-/m0/s1. The van der Waals surface area contributed by atoms with Crippen LogP contribution in [0, 0.1) is 0 Å². The summed E-state index contributed by atoms with van der Waals surface area (Å²) in [6.07, 6.45) is -0.569. The van der Waals surface area contributed by atoms with Crippen molar-refractivity contribution in [2.24, 2.45) is 12.2 Å². The third kappa shape index (κ3) is 4.29. The Bertz CT molecular complexity index is 1080. The molecule has 4 rings (SSSR count). The zero-order valence-corrected chi connectivity index (χ0v) is 16.8. The second-order valence-corrected chi connectivity index (χ2v) is 7.61. The van der Waals surface area contributed by atoms with Crippen LogP contribution in [0.1, 0.15) is 23.7 Å².